The number of anilines is 1. The standard InChI is InChI=1S/C18H19N3O3S/c1-11(2)17(23)19-13-5-4-6-15(7-13)24-9-14-8-16(22)21-12(3)10-25-18(21)20-14/h4-8,10-11H,9H2,1-3H3,(H,19,23). The van der Waals surface area contributed by atoms with E-state index in [9.17, 15) is 9.59 Å². The molecule has 0 aliphatic heterocycles. The molecule has 0 saturated heterocycles. The number of aromatic nitrogens is 2. The molecular weight excluding hydrogens is 338 g/mol. The number of ether oxygens (including phenoxy) is 1. The van der Waals surface area contributed by atoms with Gasteiger partial charge < -0.3 is 10.1 Å². The van der Waals surface area contributed by atoms with Crippen molar-refractivity contribution in [1.29, 1.82) is 0 Å². The lowest BCUT2D eigenvalue weighted by Crippen LogP contribution is -2.17. The first kappa shape index (κ1) is 17.2. The SMILES string of the molecule is Cc1csc2nc(COc3cccc(NC(=O)C(C)C)c3)cc(=O)n12. The molecule has 6 nitrogen and oxygen atoms in total. The largest absolute Gasteiger partial charge is 0.487 e. The van der Waals surface area contributed by atoms with Gasteiger partial charge in [-0.25, -0.2) is 4.98 Å². The van der Waals surface area contributed by atoms with Crippen molar-refractivity contribution in [1.82, 2.24) is 9.38 Å². The highest BCUT2D eigenvalue weighted by Gasteiger charge is 2.09. The van der Waals surface area contributed by atoms with Gasteiger partial charge in [-0.1, -0.05) is 19.9 Å². The third-order valence-electron chi connectivity index (χ3n) is 3.64. The summed E-state index contributed by atoms with van der Waals surface area (Å²) in [5, 5.41) is 4.73. The Kier molecular flexibility index (Phi) is 4.85. The van der Waals surface area contributed by atoms with Gasteiger partial charge >= 0.3 is 0 Å². The van der Waals surface area contributed by atoms with Crippen LogP contribution in [0.25, 0.3) is 4.96 Å². The molecule has 3 aromatic rings. The number of carbonyl (C=O) groups excluding carboxylic acids is 1. The van der Waals surface area contributed by atoms with E-state index in [1.807, 2.05) is 26.2 Å². The molecule has 0 aliphatic carbocycles. The van der Waals surface area contributed by atoms with E-state index >= 15 is 0 Å². The molecule has 7 heteroatoms. The minimum atomic E-state index is -0.111. The lowest BCUT2D eigenvalue weighted by atomic mass is 10.2. The molecule has 3 rings (SSSR count). The van der Waals surface area contributed by atoms with Gasteiger partial charge in [-0.2, -0.15) is 0 Å². The zero-order valence-electron chi connectivity index (χ0n) is 14.3. The summed E-state index contributed by atoms with van der Waals surface area (Å²) in [5.74, 6) is 0.457. The Balaban J connectivity index is 1.73. The third-order valence-corrected chi connectivity index (χ3v) is 4.58. The first-order valence-corrected chi connectivity index (χ1v) is 8.82. The molecule has 2 aromatic heterocycles. The van der Waals surface area contributed by atoms with Crippen LogP contribution in [-0.4, -0.2) is 15.3 Å². The number of fused-ring (bicyclic) bond motifs is 1. The van der Waals surface area contributed by atoms with Gasteiger partial charge in [-0.05, 0) is 19.1 Å². The third kappa shape index (κ3) is 3.88. The van der Waals surface area contributed by atoms with Crippen molar-refractivity contribution >= 4 is 27.9 Å². The van der Waals surface area contributed by atoms with Crippen molar-refractivity contribution in [2.45, 2.75) is 27.4 Å². The summed E-state index contributed by atoms with van der Waals surface area (Å²) in [5.41, 5.74) is 2.01. The number of benzene rings is 1. The average molecular weight is 357 g/mol. The maximum absolute atomic E-state index is 12.2. The zero-order valence-corrected chi connectivity index (χ0v) is 15.1. The fraction of sp³-hybridized carbons (Fsp3) is 0.278. The lowest BCUT2D eigenvalue weighted by Gasteiger charge is -2.10. The highest BCUT2D eigenvalue weighted by atomic mass is 32.1. The number of rotatable bonds is 5. The minimum Gasteiger partial charge on any atom is -0.487 e. The molecule has 0 atom stereocenters. The minimum absolute atomic E-state index is 0.0506. The number of nitrogens with one attached hydrogen (secondary N) is 1. The average Bonchev–Trinajstić information content (AvgIpc) is 2.95. The van der Waals surface area contributed by atoms with E-state index in [4.69, 9.17) is 4.74 Å². The number of hydrogen-bond donors (Lipinski definition) is 1. The fourth-order valence-corrected chi connectivity index (χ4v) is 3.17. The molecule has 0 bridgehead atoms. The zero-order chi connectivity index (χ0) is 18.0. The molecule has 1 aromatic carbocycles. The summed E-state index contributed by atoms with van der Waals surface area (Å²) in [4.78, 5) is 29.0. The summed E-state index contributed by atoms with van der Waals surface area (Å²) < 4.78 is 7.31. The van der Waals surface area contributed by atoms with Crippen LogP contribution < -0.4 is 15.6 Å². The predicted molar refractivity (Wildman–Crippen MR) is 98.3 cm³/mol. The molecule has 0 aliphatic rings. The number of carbonyl (C=O) groups is 1. The van der Waals surface area contributed by atoms with Crippen molar-refractivity contribution in [2.24, 2.45) is 5.92 Å². The van der Waals surface area contributed by atoms with E-state index in [-0.39, 0.29) is 24.0 Å². The van der Waals surface area contributed by atoms with Crippen LogP contribution in [0.2, 0.25) is 0 Å². The number of thiazole rings is 1. The van der Waals surface area contributed by atoms with E-state index in [1.165, 1.54) is 17.4 Å². The first-order chi connectivity index (χ1) is 11.9. The molecule has 2 heterocycles. The van der Waals surface area contributed by atoms with Gasteiger partial charge in [0.15, 0.2) is 4.96 Å². The normalized spacial score (nSPS) is 11.0. The van der Waals surface area contributed by atoms with Crippen molar-refractivity contribution < 1.29 is 9.53 Å². The van der Waals surface area contributed by atoms with E-state index in [1.54, 1.807) is 28.7 Å². The monoisotopic (exact) mass is 357 g/mol. The van der Waals surface area contributed by atoms with Gasteiger partial charge in [-0.3, -0.25) is 14.0 Å². The lowest BCUT2D eigenvalue weighted by molar-refractivity contribution is -0.118. The Hall–Kier alpha value is -2.67. The second-order valence-corrected chi connectivity index (χ2v) is 6.88. The van der Waals surface area contributed by atoms with Crippen LogP contribution in [0.4, 0.5) is 5.69 Å². The van der Waals surface area contributed by atoms with Gasteiger partial charge in [0.05, 0.1) is 5.69 Å². The Bertz CT molecular complexity index is 975. The fourth-order valence-electron chi connectivity index (χ4n) is 2.28. The summed E-state index contributed by atoms with van der Waals surface area (Å²) in [6.07, 6.45) is 0. The molecule has 1 amide bonds. The van der Waals surface area contributed by atoms with Gasteiger partial charge in [0.25, 0.3) is 5.56 Å². The molecule has 130 valence electrons. The summed E-state index contributed by atoms with van der Waals surface area (Å²) in [6.45, 7) is 5.73. The van der Waals surface area contributed by atoms with E-state index < -0.39 is 0 Å². The second-order valence-electron chi connectivity index (χ2n) is 6.04. The Labute approximate surface area is 149 Å². The maximum atomic E-state index is 12.2. The smallest absolute Gasteiger partial charge is 0.259 e. The van der Waals surface area contributed by atoms with Crippen molar-refractivity contribution in [3.8, 4) is 5.75 Å². The highest BCUT2D eigenvalue weighted by Crippen LogP contribution is 2.19. The Morgan fingerprint density at radius 2 is 2.16 bits per heavy atom. The first-order valence-electron chi connectivity index (χ1n) is 7.94. The van der Waals surface area contributed by atoms with Crippen LogP contribution in [0, 0.1) is 12.8 Å². The van der Waals surface area contributed by atoms with Gasteiger partial charge in [-0.15, -0.1) is 11.3 Å². The van der Waals surface area contributed by atoms with Gasteiger partial charge in [0.1, 0.15) is 12.4 Å². The van der Waals surface area contributed by atoms with E-state index in [0.29, 0.717) is 22.1 Å². The number of aryl methyl sites for hydroxylation is 1. The Morgan fingerprint density at radius 3 is 2.92 bits per heavy atom. The summed E-state index contributed by atoms with van der Waals surface area (Å²) >= 11 is 1.42. The predicted octanol–water partition coefficient (Wildman–Crippen LogP) is 3.24. The van der Waals surface area contributed by atoms with Crippen molar-refractivity contribution in [3.63, 3.8) is 0 Å². The molecule has 25 heavy (non-hydrogen) atoms. The van der Waals surface area contributed by atoms with Crippen LogP contribution in [0.3, 0.4) is 0 Å². The molecule has 0 unspecified atom stereocenters. The number of amides is 1. The molecule has 0 fully saturated rings. The van der Waals surface area contributed by atoms with Crippen LogP contribution in [-0.2, 0) is 11.4 Å². The quantitative estimate of drug-likeness (QED) is 0.761. The van der Waals surface area contributed by atoms with Crippen LogP contribution in [0.5, 0.6) is 5.75 Å². The van der Waals surface area contributed by atoms with Gasteiger partial charge in [0, 0.05) is 34.8 Å². The van der Waals surface area contributed by atoms with Crippen LogP contribution >= 0.6 is 11.3 Å². The maximum Gasteiger partial charge on any atom is 0.259 e. The number of hydrogen-bond acceptors (Lipinski definition) is 5. The highest BCUT2D eigenvalue weighted by molar-refractivity contribution is 7.15. The summed E-state index contributed by atoms with van der Waals surface area (Å²) in [6, 6.07) is 8.64. The van der Waals surface area contributed by atoms with Gasteiger partial charge in [0.2, 0.25) is 5.91 Å². The van der Waals surface area contributed by atoms with E-state index in [0.717, 1.165) is 5.69 Å². The van der Waals surface area contributed by atoms with E-state index in [2.05, 4.69) is 10.3 Å². The molecule has 1 N–H and O–H groups in total. The number of nitrogens with zero attached hydrogens (tertiary/aromatic N) is 2. The molecule has 0 spiro atoms. The Morgan fingerprint density at radius 1 is 1.36 bits per heavy atom. The molecular formula is C18H19N3O3S. The molecule has 0 radical (unpaired) electrons. The van der Waals surface area contributed by atoms with Crippen molar-refractivity contribution in [3.05, 3.63) is 57.5 Å². The molecule has 0 saturated carbocycles. The topological polar surface area (TPSA) is 72.7 Å². The van der Waals surface area contributed by atoms with Crippen LogP contribution in [0.1, 0.15) is 25.2 Å². The van der Waals surface area contributed by atoms with Crippen molar-refractivity contribution in [2.75, 3.05) is 5.32 Å². The van der Waals surface area contributed by atoms with Crippen LogP contribution in [0.15, 0.2) is 40.5 Å². The summed E-state index contributed by atoms with van der Waals surface area (Å²) in [7, 11) is 0. The second kappa shape index (κ2) is 7.06.